The van der Waals surface area contributed by atoms with Gasteiger partial charge in [-0.25, -0.2) is 9.97 Å². The first-order valence-corrected chi connectivity index (χ1v) is 7.09. The number of ether oxygens (including phenoxy) is 1. The lowest BCUT2D eigenvalue weighted by atomic mass is 10.1. The summed E-state index contributed by atoms with van der Waals surface area (Å²) in [4.78, 5) is 8.69. The number of rotatable bonds is 4. The largest absolute Gasteiger partial charge is 0.378 e. The summed E-state index contributed by atoms with van der Waals surface area (Å²) in [6, 6.07) is 7.59. The van der Waals surface area contributed by atoms with Crippen molar-refractivity contribution in [1.82, 2.24) is 9.97 Å². The molecule has 0 aliphatic heterocycles. The van der Waals surface area contributed by atoms with E-state index in [2.05, 4.69) is 25.9 Å². The molecule has 0 spiro atoms. The molecule has 0 radical (unpaired) electrons. The number of benzene rings is 1. The normalized spacial score (nSPS) is 10.7. The quantitative estimate of drug-likeness (QED) is 0.762. The lowest BCUT2D eigenvalue weighted by molar-refractivity contribution is 0.180. The van der Waals surface area contributed by atoms with E-state index in [-0.39, 0.29) is 0 Å². The zero-order valence-corrected chi connectivity index (χ0v) is 13.3. The van der Waals surface area contributed by atoms with Crippen LogP contribution in [-0.4, -0.2) is 17.1 Å². The van der Waals surface area contributed by atoms with Gasteiger partial charge in [0.1, 0.15) is 11.0 Å². The minimum atomic E-state index is 0.380. The predicted molar refractivity (Wildman–Crippen MR) is 79.7 cm³/mol. The SMILES string of the molecule is COCc1nc(Cc2cccc(Cl)c2)nc(Cl)c1Br. The minimum absolute atomic E-state index is 0.380. The Morgan fingerprint density at radius 1 is 1.26 bits per heavy atom. The van der Waals surface area contributed by atoms with Crippen LogP contribution in [0.1, 0.15) is 17.1 Å². The maximum atomic E-state index is 6.07. The summed E-state index contributed by atoms with van der Waals surface area (Å²) in [5.74, 6) is 0.641. The van der Waals surface area contributed by atoms with Crippen molar-refractivity contribution in [2.75, 3.05) is 7.11 Å². The van der Waals surface area contributed by atoms with Gasteiger partial charge in [-0.1, -0.05) is 35.3 Å². The van der Waals surface area contributed by atoms with Crippen LogP contribution in [0.2, 0.25) is 10.2 Å². The maximum Gasteiger partial charge on any atom is 0.147 e. The molecule has 0 bridgehead atoms. The van der Waals surface area contributed by atoms with Crippen LogP contribution in [0, 0.1) is 0 Å². The Morgan fingerprint density at radius 2 is 2.05 bits per heavy atom. The van der Waals surface area contributed by atoms with Crippen molar-refractivity contribution in [3.63, 3.8) is 0 Å². The molecule has 1 aromatic carbocycles. The summed E-state index contributed by atoms with van der Waals surface area (Å²) in [5, 5.41) is 1.08. The second kappa shape index (κ2) is 6.66. The molecule has 0 amide bonds. The molecule has 0 saturated heterocycles. The summed E-state index contributed by atoms with van der Waals surface area (Å²) in [5.41, 5.74) is 1.77. The second-order valence-corrected chi connectivity index (χ2v) is 5.52. The molecule has 0 N–H and O–H groups in total. The highest BCUT2D eigenvalue weighted by molar-refractivity contribution is 9.10. The summed E-state index contributed by atoms with van der Waals surface area (Å²) in [7, 11) is 1.61. The van der Waals surface area contributed by atoms with Gasteiger partial charge >= 0.3 is 0 Å². The molecule has 0 unspecified atom stereocenters. The van der Waals surface area contributed by atoms with E-state index >= 15 is 0 Å². The van der Waals surface area contributed by atoms with E-state index in [1.54, 1.807) is 7.11 Å². The Kier molecular flexibility index (Phi) is 5.16. The molecule has 3 nitrogen and oxygen atoms in total. The Bertz CT molecular complexity index is 593. The van der Waals surface area contributed by atoms with Crippen LogP contribution in [0.3, 0.4) is 0 Å². The lowest BCUT2D eigenvalue weighted by Crippen LogP contribution is -2.03. The van der Waals surface area contributed by atoms with Gasteiger partial charge in [0.25, 0.3) is 0 Å². The third kappa shape index (κ3) is 3.89. The summed E-state index contributed by atoms with van der Waals surface area (Å²) >= 11 is 15.4. The van der Waals surface area contributed by atoms with Crippen molar-refractivity contribution >= 4 is 39.1 Å². The fourth-order valence-electron chi connectivity index (χ4n) is 1.65. The standard InChI is InChI=1S/C13H11BrCl2N2O/c1-19-7-10-12(14)13(16)18-11(17-10)6-8-3-2-4-9(15)5-8/h2-5H,6-7H2,1H3. The Morgan fingerprint density at radius 3 is 2.74 bits per heavy atom. The van der Waals surface area contributed by atoms with Gasteiger partial charge in [-0.3, -0.25) is 0 Å². The van der Waals surface area contributed by atoms with Gasteiger partial charge in [-0.2, -0.15) is 0 Å². The highest BCUT2D eigenvalue weighted by Crippen LogP contribution is 2.25. The van der Waals surface area contributed by atoms with Crippen molar-refractivity contribution in [3.05, 3.63) is 56.0 Å². The van der Waals surface area contributed by atoms with Crippen LogP contribution in [0.15, 0.2) is 28.7 Å². The van der Waals surface area contributed by atoms with Crippen LogP contribution in [0.5, 0.6) is 0 Å². The number of hydrogen-bond acceptors (Lipinski definition) is 3. The summed E-state index contributed by atoms with van der Waals surface area (Å²) in [6.45, 7) is 0.380. The first-order valence-electron chi connectivity index (χ1n) is 5.54. The van der Waals surface area contributed by atoms with E-state index in [9.17, 15) is 0 Å². The molecule has 0 atom stereocenters. The zero-order chi connectivity index (χ0) is 13.8. The van der Waals surface area contributed by atoms with Gasteiger partial charge in [-0.15, -0.1) is 0 Å². The Hall–Kier alpha value is -0.680. The molecule has 2 aromatic rings. The average Bonchev–Trinajstić information content (AvgIpc) is 2.35. The fourth-order valence-corrected chi connectivity index (χ4v) is 2.36. The van der Waals surface area contributed by atoms with E-state index in [1.807, 2.05) is 24.3 Å². The average molecular weight is 362 g/mol. The lowest BCUT2D eigenvalue weighted by Gasteiger charge is -2.08. The molecule has 100 valence electrons. The van der Waals surface area contributed by atoms with E-state index in [0.717, 1.165) is 11.3 Å². The fraction of sp³-hybridized carbons (Fsp3) is 0.231. The second-order valence-electron chi connectivity index (χ2n) is 3.93. The van der Waals surface area contributed by atoms with Crippen molar-refractivity contribution in [2.24, 2.45) is 0 Å². The number of nitrogens with zero attached hydrogens (tertiary/aromatic N) is 2. The Labute approximate surface area is 130 Å². The predicted octanol–water partition coefficient (Wildman–Crippen LogP) is 4.28. The van der Waals surface area contributed by atoms with Crippen molar-refractivity contribution < 1.29 is 4.74 Å². The van der Waals surface area contributed by atoms with E-state index in [0.29, 0.717) is 33.5 Å². The molecule has 1 aromatic heterocycles. The molecule has 0 aliphatic carbocycles. The van der Waals surface area contributed by atoms with Gasteiger partial charge in [-0.05, 0) is 33.6 Å². The first kappa shape index (κ1) is 14.7. The number of aromatic nitrogens is 2. The molecule has 19 heavy (non-hydrogen) atoms. The van der Waals surface area contributed by atoms with Crippen molar-refractivity contribution in [2.45, 2.75) is 13.0 Å². The van der Waals surface area contributed by atoms with Crippen LogP contribution in [0.4, 0.5) is 0 Å². The maximum absolute atomic E-state index is 6.07. The molecule has 6 heteroatoms. The highest BCUT2D eigenvalue weighted by Gasteiger charge is 2.11. The first-order chi connectivity index (χ1) is 9.10. The smallest absolute Gasteiger partial charge is 0.147 e. The van der Waals surface area contributed by atoms with E-state index < -0.39 is 0 Å². The van der Waals surface area contributed by atoms with Crippen LogP contribution in [0.25, 0.3) is 0 Å². The molecule has 0 saturated carbocycles. The molecule has 1 heterocycles. The third-order valence-electron chi connectivity index (χ3n) is 2.46. The molecular formula is C13H11BrCl2N2O. The monoisotopic (exact) mass is 360 g/mol. The number of methoxy groups -OCH3 is 1. The molecule has 0 aliphatic rings. The van der Waals surface area contributed by atoms with Gasteiger partial charge in [0, 0.05) is 18.6 Å². The van der Waals surface area contributed by atoms with Crippen LogP contribution < -0.4 is 0 Å². The zero-order valence-electron chi connectivity index (χ0n) is 10.2. The topological polar surface area (TPSA) is 35.0 Å². The summed E-state index contributed by atoms with van der Waals surface area (Å²) < 4.78 is 5.76. The van der Waals surface area contributed by atoms with E-state index in [1.165, 1.54) is 0 Å². The van der Waals surface area contributed by atoms with E-state index in [4.69, 9.17) is 27.9 Å². The Balaban J connectivity index is 2.30. The van der Waals surface area contributed by atoms with Gasteiger partial charge < -0.3 is 4.74 Å². The summed E-state index contributed by atoms with van der Waals surface area (Å²) in [6.07, 6.45) is 0.574. The minimum Gasteiger partial charge on any atom is -0.378 e. The van der Waals surface area contributed by atoms with Gasteiger partial charge in [0.15, 0.2) is 0 Å². The number of halogens is 3. The molecular weight excluding hydrogens is 351 g/mol. The number of hydrogen-bond donors (Lipinski definition) is 0. The van der Waals surface area contributed by atoms with Crippen molar-refractivity contribution in [1.29, 1.82) is 0 Å². The van der Waals surface area contributed by atoms with Crippen LogP contribution >= 0.6 is 39.1 Å². The van der Waals surface area contributed by atoms with Gasteiger partial charge in [0.2, 0.25) is 0 Å². The molecule has 0 fully saturated rings. The third-order valence-corrected chi connectivity index (χ3v) is 4.03. The van der Waals surface area contributed by atoms with Crippen LogP contribution in [-0.2, 0) is 17.8 Å². The molecule has 2 rings (SSSR count). The highest BCUT2D eigenvalue weighted by atomic mass is 79.9. The van der Waals surface area contributed by atoms with Crippen molar-refractivity contribution in [3.8, 4) is 0 Å². The van der Waals surface area contributed by atoms with Gasteiger partial charge in [0.05, 0.1) is 16.8 Å².